The van der Waals surface area contributed by atoms with Crippen molar-refractivity contribution >= 4 is 17.7 Å². The standard InChI is InChI=1S/C28H41FN2O6/c1-15-10-20-13-21(14-22(29)25(20)33)31-27(34)17(3)9-7-8-16(2)26(37-28(30)35)19(5)12-18(4)24(32)23(11-15)36-6/h9,12-16,18,23-24,26,32-33H,7-8,10-11H2,1-6H3,(H2,30,35)(H,31,34)/b17-9+,19-12+/t15-,16+,18+,23+,24-,26-/m1/s1. The van der Waals surface area contributed by atoms with Crippen molar-refractivity contribution in [3.8, 4) is 5.75 Å². The first-order chi connectivity index (χ1) is 17.3. The summed E-state index contributed by atoms with van der Waals surface area (Å²) in [6.45, 7) is 9.20. The second kappa shape index (κ2) is 13.6. The van der Waals surface area contributed by atoms with Crippen LogP contribution >= 0.6 is 0 Å². The Morgan fingerprint density at radius 1 is 1.22 bits per heavy atom. The summed E-state index contributed by atoms with van der Waals surface area (Å²) in [6.07, 6.45) is 2.63. The average molecular weight is 521 g/mol. The number of hydrogen-bond acceptors (Lipinski definition) is 6. The van der Waals surface area contributed by atoms with Gasteiger partial charge in [0.15, 0.2) is 11.6 Å². The quantitative estimate of drug-likeness (QED) is 0.326. The predicted octanol–water partition coefficient (Wildman–Crippen LogP) is 4.84. The molecule has 206 valence electrons. The van der Waals surface area contributed by atoms with Crippen LogP contribution in [0, 0.1) is 23.6 Å². The fraction of sp³-hybridized carbons (Fsp3) is 0.571. The van der Waals surface area contributed by atoms with Crippen LogP contribution in [0.25, 0.3) is 0 Å². The van der Waals surface area contributed by atoms with Crippen LogP contribution in [0.3, 0.4) is 0 Å². The molecule has 0 aromatic heterocycles. The number of aliphatic hydroxyl groups is 1. The van der Waals surface area contributed by atoms with Crippen molar-refractivity contribution in [2.24, 2.45) is 23.5 Å². The highest BCUT2D eigenvalue weighted by Crippen LogP contribution is 2.31. The Morgan fingerprint density at radius 3 is 2.51 bits per heavy atom. The van der Waals surface area contributed by atoms with Crippen molar-refractivity contribution in [1.29, 1.82) is 0 Å². The molecule has 8 nitrogen and oxygen atoms in total. The minimum absolute atomic E-state index is 0.0946. The van der Waals surface area contributed by atoms with Crippen LogP contribution in [-0.4, -0.2) is 47.6 Å². The number of carbonyl (C=O) groups is 2. The van der Waals surface area contributed by atoms with Gasteiger partial charge in [0, 0.05) is 30.4 Å². The normalized spacial score (nSPS) is 31.4. The number of allylic oxidation sites excluding steroid dienone is 1. The number of anilines is 1. The Kier molecular flexibility index (Phi) is 11.1. The van der Waals surface area contributed by atoms with E-state index in [1.165, 1.54) is 7.11 Å². The molecule has 0 aliphatic carbocycles. The Bertz CT molecular complexity index is 1020. The van der Waals surface area contributed by atoms with Crippen molar-refractivity contribution in [3.63, 3.8) is 0 Å². The lowest BCUT2D eigenvalue weighted by Gasteiger charge is -2.29. The van der Waals surface area contributed by atoms with Crippen LogP contribution in [0.4, 0.5) is 14.9 Å². The van der Waals surface area contributed by atoms with Crippen LogP contribution in [0.15, 0.2) is 35.4 Å². The Balaban J connectivity index is 2.47. The number of carbonyl (C=O) groups excluding carboxylic acids is 2. The van der Waals surface area contributed by atoms with Crippen LogP contribution in [0.2, 0.25) is 0 Å². The van der Waals surface area contributed by atoms with Crippen molar-refractivity contribution in [2.75, 3.05) is 12.4 Å². The van der Waals surface area contributed by atoms with E-state index >= 15 is 0 Å². The Labute approximate surface area is 218 Å². The molecule has 0 unspecified atom stereocenters. The maximum atomic E-state index is 14.5. The third kappa shape index (κ3) is 8.57. The minimum atomic E-state index is -0.886. The van der Waals surface area contributed by atoms with E-state index in [1.807, 2.05) is 33.8 Å². The summed E-state index contributed by atoms with van der Waals surface area (Å²) in [6, 6.07) is 2.65. The lowest BCUT2D eigenvalue weighted by Crippen LogP contribution is -2.35. The van der Waals surface area contributed by atoms with Crippen LogP contribution in [-0.2, 0) is 20.7 Å². The number of aliphatic hydroxyl groups excluding tert-OH is 1. The van der Waals surface area contributed by atoms with Crippen LogP contribution in [0.5, 0.6) is 5.75 Å². The monoisotopic (exact) mass is 520 g/mol. The van der Waals surface area contributed by atoms with E-state index in [2.05, 4.69) is 5.32 Å². The maximum Gasteiger partial charge on any atom is 0.405 e. The number of hydrogen-bond donors (Lipinski definition) is 4. The zero-order chi connectivity index (χ0) is 27.9. The summed E-state index contributed by atoms with van der Waals surface area (Å²) in [5.41, 5.74) is 7.15. The second-order valence-electron chi connectivity index (χ2n) is 10.3. The number of phenols is 1. The van der Waals surface area contributed by atoms with Crippen molar-refractivity contribution in [3.05, 3.63) is 46.8 Å². The molecule has 1 aromatic carbocycles. The number of nitrogens with one attached hydrogen (secondary N) is 1. The molecule has 0 saturated heterocycles. The molecule has 1 aliphatic heterocycles. The number of amides is 2. The molecule has 1 aliphatic rings. The molecule has 1 aromatic rings. The first-order valence-electron chi connectivity index (χ1n) is 12.7. The zero-order valence-electron chi connectivity index (χ0n) is 22.6. The molecule has 2 amide bonds. The summed E-state index contributed by atoms with van der Waals surface area (Å²) < 4.78 is 25.5. The van der Waals surface area contributed by atoms with Gasteiger partial charge < -0.3 is 30.7 Å². The summed E-state index contributed by atoms with van der Waals surface area (Å²) in [4.78, 5) is 24.3. The van der Waals surface area contributed by atoms with Gasteiger partial charge in [-0.2, -0.15) is 0 Å². The summed E-state index contributed by atoms with van der Waals surface area (Å²) in [7, 11) is 1.52. The number of methoxy groups -OCH3 is 1. The van der Waals surface area contributed by atoms with Gasteiger partial charge in [0.1, 0.15) is 6.10 Å². The molecule has 5 N–H and O–H groups in total. The van der Waals surface area contributed by atoms with E-state index in [-0.39, 0.29) is 29.3 Å². The SMILES string of the molecule is CO[C@H]1C[C@H](C)Cc2cc(cc(F)c2O)NC(=O)/C(C)=C/CC[C@H](C)[C@@H](OC(N)=O)/C(C)=C/[C@H](C)[C@H]1O. The number of aromatic hydroxyl groups is 1. The largest absolute Gasteiger partial charge is 0.505 e. The molecule has 9 heteroatoms. The van der Waals surface area contributed by atoms with Crippen LogP contribution in [0.1, 0.15) is 59.4 Å². The van der Waals surface area contributed by atoms with E-state index in [4.69, 9.17) is 15.2 Å². The highest BCUT2D eigenvalue weighted by atomic mass is 19.1. The van der Waals surface area contributed by atoms with Gasteiger partial charge in [0.2, 0.25) is 0 Å². The van der Waals surface area contributed by atoms with Gasteiger partial charge in [0.25, 0.3) is 5.91 Å². The lowest BCUT2D eigenvalue weighted by atomic mass is 9.87. The van der Waals surface area contributed by atoms with Gasteiger partial charge in [0.05, 0.1) is 12.2 Å². The number of primary amides is 1. The maximum absolute atomic E-state index is 14.5. The molecule has 0 radical (unpaired) electrons. The average Bonchev–Trinajstić information content (AvgIpc) is 2.82. The fourth-order valence-electron chi connectivity index (χ4n) is 4.88. The van der Waals surface area contributed by atoms with E-state index in [0.29, 0.717) is 36.8 Å². The van der Waals surface area contributed by atoms with Crippen molar-refractivity contribution < 1.29 is 33.7 Å². The van der Waals surface area contributed by atoms with Gasteiger partial charge in [-0.1, -0.05) is 32.9 Å². The number of rotatable bonds is 2. The number of phenolic OH excluding ortho intramolecular Hbond substituents is 1. The fourth-order valence-corrected chi connectivity index (χ4v) is 4.88. The molecule has 0 saturated carbocycles. The summed E-state index contributed by atoms with van der Waals surface area (Å²) in [5, 5.41) is 24.1. The number of ether oxygens (including phenoxy) is 2. The first-order valence-corrected chi connectivity index (χ1v) is 12.7. The molecule has 0 spiro atoms. The molecular weight excluding hydrogens is 479 g/mol. The van der Waals surface area contributed by atoms with Gasteiger partial charge in [-0.15, -0.1) is 0 Å². The van der Waals surface area contributed by atoms with Crippen molar-refractivity contribution in [1.82, 2.24) is 0 Å². The Morgan fingerprint density at radius 2 is 1.89 bits per heavy atom. The smallest absolute Gasteiger partial charge is 0.405 e. The molecule has 2 rings (SSSR count). The number of halogens is 1. The number of benzene rings is 1. The highest BCUT2D eigenvalue weighted by Gasteiger charge is 2.29. The summed E-state index contributed by atoms with van der Waals surface area (Å²) >= 11 is 0. The van der Waals surface area contributed by atoms with Gasteiger partial charge in [-0.25, -0.2) is 9.18 Å². The lowest BCUT2D eigenvalue weighted by molar-refractivity contribution is -0.112. The highest BCUT2D eigenvalue weighted by molar-refractivity contribution is 6.03. The molecule has 37 heavy (non-hydrogen) atoms. The molecule has 6 atom stereocenters. The van der Waals surface area contributed by atoms with E-state index in [0.717, 1.165) is 11.6 Å². The van der Waals surface area contributed by atoms with E-state index in [1.54, 1.807) is 19.1 Å². The first kappa shape index (κ1) is 30.3. The molecule has 2 bridgehead atoms. The number of nitrogens with two attached hydrogens (primary N) is 1. The topological polar surface area (TPSA) is 131 Å². The Hall–Kier alpha value is -2.91. The predicted molar refractivity (Wildman–Crippen MR) is 141 cm³/mol. The minimum Gasteiger partial charge on any atom is -0.505 e. The molecular formula is C28H41FN2O6. The number of fused-ring (bicyclic) bond motifs is 2. The zero-order valence-corrected chi connectivity index (χ0v) is 22.6. The molecule has 1 heterocycles. The third-order valence-electron chi connectivity index (χ3n) is 6.99. The van der Waals surface area contributed by atoms with Crippen LogP contribution < -0.4 is 11.1 Å². The van der Waals surface area contributed by atoms with E-state index in [9.17, 15) is 24.2 Å². The van der Waals surface area contributed by atoms with Gasteiger partial charge in [-0.05, 0) is 68.6 Å². The van der Waals surface area contributed by atoms with Gasteiger partial charge in [-0.3, -0.25) is 4.79 Å². The second-order valence-corrected chi connectivity index (χ2v) is 10.3. The summed E-state index contributed by atoms with van der Waals surface area (Å²) in [5.74, 6) is -2.20. The van der Waals surface area contributed by atoms with Gasteiger partial charge >= 0.3 is 6.09 Å². The van der Waals surface area contributed by atoms with Crippen molar-refractivity contribution in [2.45, 2.75) is 78.6 Å². The molecule has 0 fully saturated rings. The third-order valence-corrected chi connectivity index (χ3v) is 6.99. The van der Waals surface area contributed by atoms with E-state index < -0.39 is 36.0 Å².